The van der Waals surface area contributed by atoms with Crippen LogP contribution in [0.25, 0.3) is 0 Å². The van der Waals surface area contributed by atoms with E-state index in [2.05, 4.69) is 27.9 Å². The molecule has 0 bridgehead atoms. The Morgan fingerprint density at radius 1 is 1.80 bits per heavy atom. The number of rotatable bonds is 5. The molecule has 0 amide bonds. The minimum absolute atomic E-state index is 0.366. The van der Waals surface area contributed by atoms with Crippen molar-refractivity contribution in [1.29, 1.82) is 0 Å². The number of carboxylic acid groups (broad SMARTS) is 1. The van der Waals surface area contributed by atoms with Crippen LogP contribution in [0.1, 0.15) is 13.3 Å². The maximum atomic E-state index is 10.4. The Balaban J connectivity index is 3.50. The van der Waals surface area contributed by atoms with Gasteiger partial charge >= 0.3 is 5.97 Å². The molecule has 0 radical (unpaired) electrons. The molecular weight excluding hydrogens is 245 g/mol. The number of nitrogens with one attached hydrogen (secondary N) is 1. The summed E-state index contributed by atoms with van der Waals surface area (Å²) in [7, 11) is 0. The van der Waals surface area contributed by atoms with Crippen LogP contribution in [0.4, 0.5) is 0 Å². The first-order chi connectivity index (χ1) is 4.72. The minimum Gasteiger partial charge on any atom is -0.480 e. The van der Waals surface area contributed by atoms with Gasteiger partial charge in [0.1, 0.15) is 6.04 Å². The van der Waals surface area contributed by atoms with E-state index in [1.54, 1.807) is 0 Å². The van der Waals surface area contributed by atoms with E-state index in [1.807, 2.05) is 6.92 Å². The molecule has 0 fully saturated rings. The standard InChI is InChI=1S/C6H12INO2/c1-2-5(6(9)10)8-4-3-7/h5,8H,2-4H2,1H3,(H,9,10)/t5-/m1/s1. The predicted molar refractivity (Wildman–Crippen MR) is 48.6 cm³/mol. The average molecular weight is 257 g/mol. The van der Waals surface area contributed by atoms with Crippen molar-refractivity contribution in [1.82, 2.24) is 5.32 Å². The molecule has 4 heteroatoms. The summed E-state index contributed by atoms with van der Waals surface area (Å²) in [6.07, 6.45) is 0.645. The molecule has 0 saturated carbocycles. The molecule has 0 heterocycles. The van der Waals surface area contributed by atoms with Gasteiger partial charge in [-0.15, -0.1) is 0 Å². The number of hydrogen-bond acceptors (Lipinski definition) is 2. The molecule has 1 atom stereocenters. The monoisotopic (exact) mass is 257 g/mol. The number of hydrogen-bond donors (Lipinski definition) is 2. The lowest BCUT2D eigenvalue weighted by molar-refractivity contribution is -0.139. The van der Waals surface area contributed by atoms with E-state index in [-0.39, 0.29) is 6.04 Å². The van der Waals surface area contributed by atoms with Crippen LogP contribution in [0.3, 0.4) is 0 Å². The maximum Gasteiger partial charge on any atom is 0.320 e. The zero-order valence-corrected chi connectivity index (χ0v) is 8.09. The summed E-state index contributed by atoms with van der Waals surface area (Å²) in [6.45, 7) is 2.63. The van der Waals surface area contributed by atoms with E-state index in [0.717, 1.165) is 11.0 Å². The van der Waals surface area contributed by atoms with Crippen molar-refractivity contribution in [2.75, 3.05) is 11.0 Å². The van der Waals surface area contributed by atoms with E-state index in [9.17, 15) is 4.79 Å². The van der Waals surface area contributed by atoms with Gasteiger partial charge in [-0.25, -0.2) is 0 Å². The second-order valence-electron chi connectivity index (χ2n) is 1.94. The Hall–Kier alpha value is 0.160. The third kappa shape index (κ3) is 4.05. The van der Waals surface area contributed by atoms with Gasteiger partial charge < -0.3 is 10.4 Å². The summed E-state index contributed by atoms with van der Waals surface area (Å²) in [4.78, 5) is 10.4. The number of halogens is 1. The molecule has 0 aromatic heterocycles. The van der Waals surface area contributed by atoms with Crippen molar-refractivity contribution in [3.63, 3.8) is 0 Å². The quantitative estimate of drug-likeness (QED) is 0.567. The van der Waals surface area contributed by atoms with Gasteiger partial charge in [0, 0.05) is 11.0 Å². The Labute approximate surface area is 74.3 Å². The fourth-order valence-corrected chi connectivity index (χ4v) is 0.946. The fourth-order valence-electron chi connectivity index (χ4n) is 0.635. The van der Waals surface area contributed by atoms with Crippen molar-refractivity contribution in [3.8, 4) is 0 Å². The molecule has 0 saturated heterocycles. The fraction of sp³-hybridized carbons (Fsp3) is 0.833. The molecule has 10 heavy (non-hydrogen) atoms. The highest BCUT2D eigenvalue weighted by Gasteiger charge is 2.12. The molecule has 0 unspecified atom stereocenters. The molecule has 60 valence electrons. The Morgan fingerprint density at radius 3 is 2.70 bits per heavy atom. The van der Waals surface area contributed by atoms with Crippen LogP contribution in [0.2, 0.25) is 0 Å². The highest BCUT2D eigenvalue weighted by Crippen LogP contribution is 1.90. The molecule has 0 aromatic carbocycles. The molecular formula is C6H12INO2. The van der Waals surface area contributed by atoms with Crippen molar-refractivity contribution >= 4 is 28.6 Å². The lowest BCUT2D eigenvalue weighted by Gasteiger charge is -2.09. The molecule has 0 spiro atoms. The Kier molecular flexibility index (Phi) is 6.00. The van der Waals surface area contributed by atoms with Gasteiger partial charge in [-0.3, -0.25) is 4.79 Å². The van der Waals surface area contributed by atoms with Crippen molar-refractivity contribution < 1.29 is 9.90 Å². The van der Waals surface area contributed by atoms with Gasteiger partial charge in [0.05, 0.1) is 0 Å². The van der Waals surface area contributed by atoms with Crippen LogP contribution >= 0.6 is 22.6 Å². The molecule has 3 nitrogen and oxygen atoms in total. The molecule has 0 aromatic rings. The molecule has 2 N–H and O–H groups in total. The van der Waals surface area contributed by atoms with Crippen LogP contribution < -0.4 is 5.32 Å². The van der Waals surface area contributed by atoms with E-state index in [0.29, 0.717) is 6.42 Å². The third-order valence-corrected chi connectivity index (χ3v) is 1.73. The second kappa shape index (κ2) is 5.91. The van der Waals surface area contributed by atoms with Crippen LogP contribution in [0, 0.1) is 0 Å². The van der Waals surface area contributed by atoms with E-state index < -0.39 is 5.97 Å². The van der Waals surface area contributed by atoms with E-state index in [4.69, 9.17) is 5.11 Å². The highest BCUT2D eigenvalue weighted by molar-refractivity contribution is 14.1. The summed E-state index contributed by atoms with van der Waals surface area (Å²) in [6, 6.07) is -0.366. The van der Waals surface area contributed by atoms with E-state index in [1.165, 1.54) is 0 Å². The van der Waals surface area contributed by atoms with Gasteiger partial charge in [0.25, 0.3) is 0 Å². The first-order valence-electron chi connectivity index (χ1n) is 3.24. The second-order valence-corrected chi connectivity index (χ2v) is 3.02. The molecule has 0 aliphatic rings. The van der Waals surface area contributed by atoms with Gasteiger partial charge in [-0.05, 0) is 6.42 Å². The van der Waals surface area contributed by atoms with Crippen molar-refractivity contribution in [2.45, 2.75) is 19.4 Å². The number of carboxylic acids is 1. The number of alkyl halides is 1. The summed E-state index contributed by atoms with van der Waals surface area (Å²) < 4.78 is 0.946. The van der Waals surface area contributed by atoms with Crippen molar-refractivity contribution in [3.05, 3.63) is 0 Å². The summed E-state index contributed by atoms with van der Waals surface area (Å²) in [5, 5.41) is 11.4. The summed E-state index contributed by atoms with van der Waals surface area (Å²) >= 11 is 2.21. The van der Waals surface area contributed by atoms with E-state index >= 15 is 0 Å². The van der Waals surface area contributed by atoms with Crippen LogP contribution in [0.5, 0.6) is 0 Å². The van der Waals surface area contributed by atoms with Crippen LogP contribution in [-0.4, -0.2) is 28.1 Å². The van der Waals surface area contributed by atoms with Crippen LogP contribution in [0.15, 0.2) is 0 Å². The third-order valence-electron chi connectivity index (χ3n) is 1.19. The zero-order valence-electron chi connectivity index (χ0n) is 5.93. The van der Waals surface area contributed by atoms with Gasteiger partial charge in [0.2, 0.25) is 0 Å². The topological polar surface area (TPSA) is 49.3 Å². The van der Waals surface area contributed by atoms with Gasteiger partial charge in [0.15, 0.2) is 0 Å². The van der Waals surface area contributed by atoms with Gasteiger partial charge in [-0.2, -0.15) is 0 Å². The van der Waals surface area contributed by atoms with Gasteiger partial charge in [-0.1, -0.05) is 29.5 Å². The highest BCUT2D eigenvalue weighted by atomic mass is 127. The minimum atomic E-state index is -0.757. The SMILES string of the molecule is CC[C@@H](NCCI)C(=O)O. The summed E-state index contributed by atoms with van der Waals surface area (Å²) in [5.41, 5.74) is 0. The predicted octanol–water partition coefficient (Wildman–Crippen LogP) is 0.874. The Bertz CT molecular complexity index is 108. The van der Waals surface area contributed by atoms with Crippen LogP contribution in [-0.2, 0) is 4.79 Å². The number of aliphatic carboxylic acids is 1. The zero-order chi connectivity index (χ0) is 7.98. The average Bonchev–Trinajstić information content (AvgIpc) is 1.89. The lowest BCUT2D eigenvalue weighted by Crippen LogP contribution is -2.36. The smallest absolute Gasteiger partial charge is 0.320 e. The first-order valence-corrected chi connectivity index (χ1v) is 4.77. The Morgan fingerprint density at radius 2 is 2.40 bits per heavy atom. The normalized spacial score (nSPS) is 13.0. The largest absolute Gasteiger partial charge is 0.480 e. The van der Waals surface area contributed by atoms with Crippen molar-refractivity contribution in [2.24, 2.45) is 0 Å². The molecule has 0 rings (SSSR count). The maximum absolute atomic E-state index is 10.4. The summed E-state index contributed by atoms with van der Waals surface area (Å²) in [5.74, 6) is -0.757. The first kappa shape index (κ1) is 10.2. The molecule has 0 aliphatic heterocycles. The lowest BCUT2D eigenvalue weighted by atomic mass is 10.2. The molecule has 0 aliphatic carbocycles. The number of carbonyl (C=O) groups is 1.